The largest absolute Gasteiger partial charge is 0.383 e. The van der Waals surface area contributed by atoms with Crippen LogP contribution in [-0.4, -0.2) is 49.0 Å². The van der Waals surface area contributed by atoms with Crippen LogP contribution in [-0.2, 0) is 4.79 Å². The molecule has 9 heteroatoms. The molecule has 0 aromatic carbocycles. The van der Waals surface area contributed by atoms with Crippen molar-refractivity contribution >= 4 is 18.0 Å². The van der Waals surface area contributed by atoms with E-state index in [-0.39, 0.29) is 17.4 Å². The van der Waals surface area contributed by atoms with Gasteiger partial charge in [-0.25, -0.2) is 9.38 Å². The maximum Gasteiger partial charge on any atom is 0.263 e. The highest BCUT2D eigenvalue weighted by Crippen LogP contribution is 2.27. The van der Waals surface area contributed by atoms with Crippen molar-refractivity contribution in [3.8, 4) is 0 Å². The summed E-state index contributed by atoms with van der Waals surface area (Å²) in [6.45, 7) is 3.80. The normalized spacial score (nSPS) is 24.7. The van der Waals surface area contributed by atoms with Gasteiger partial charge in [-0.1, -0.05) is 0 Å². The third-order valence-electron chi connectivity index (χ3n) is 4.54. The summed E-state index contributed by atoms with van der Waals surface area (Å²) in [6.07, 6.45) is 4.61. The van der Waals surface area contributed by atoms with Gasteiger partial charge in [0.05, 0.1) is 11.9 Å². The number of likely N-dealkylation sites (N-methyl/N-ethyl adjacent to an activating group) is 1. The van der Waals surface area contributed by atoms with Gasteiger partial charge in [-0.2, -0.15) is 0 Å². The van der Waals surface area contributed by atoms with Crippen molar-refractivity contribution in [2.45, 2.75) is 19.4 Å². The summed E-state index contributed by atoms with van der Waals surface area (Å²) in [4.78, 5) is 18.8. The van der Waals surface area contributed by atoms with E-state index in [1.807, 2.05) is 0 Å². The highest BCUT2D eigenvalue weighted by atomic mass is 19.1. The molecule has 26 heavy (non-hydrogen) atoms. The van der Waals surface area contributed by atoms with Gasteiger partial charge in [-0.05, 0) is 31.5 Å². The molecular weight excluding hydrogens is 337 g/mol. The van der Waals surface area contributed by atoms with E-state index in [0.717, 1.165) is 37.5 Å². The lowest BCUT2D eigenvalue weighted by Gasteiger charge is -2.35. The zero-order valence-electron chi connectivity index (χ0n) is 14.7. The predicted octanol–water partition coefficient (Wildman–Crippen LogP) is 0.200. The fraction of sp³-hybridized carbons (Fsp3) is 0.353. The molecule has 8 nitrogen and oxygen atoms in total. The van der Waals surface area contributed by atoms with Gasteiger partial charge in [0.1, 0.15) is 17.2 Å². The van der Waals surface area contributed by atoms with Crippen LogP contribution in [0, 0.1) is 5.41 Å². The molecule has 3 aliphatic heterocycles. The Morgan fingerprint density at radius 3 is 2.92 bits per heavy atom. The van der Waals surface area contributed by atoms with E-state index in [0.29, 0.717) is 5.70 Å². The van der Waals surface area contributed by atoms with Crippen molar-refractivity contribution in [3.63, 3.8) is 0 Å². The highest BCUT2D eigenvalue weighted by Gasteiger charge is 2.28. The number of hydrogen-bond acceptors (Lipinski definition) is 6. The highest BCUT2D eigenvalue weighted by molar-refractivity contribution is 6.20. The van der Waals surface area contributed by atoms with E-state index in [1.165, 1.54) is 5.57 Å². The molecule has 0 bridgehead atoms. The number of aliphatic imine (C=N–C) groups is 1. The van der Waals surface area contributed by atoms with Gasteiger partial charge in [0.15, 0.2) is 5.83 Å². The standard InChI is InChI=1S/C17H22FN7O/c1-9-12-8-25(2)4-3-11(12)13(7-21-9)24-17(26)14(15(19)20)16-22-5-10(18)6-23-16/h5-7,9,21-22H,3-4,8H2,1-2H3,(H3,19,20)(H,24,26)/b16-14-. The Bertz CT molecular complexity index is 806. The lowest BCUT2D eigenvalue weighted by atomic mass is 9.90. The molecular formula is C17H22FN7O. The monoisotopic (exact) mass is 359 g/mol. The quantitative estimate of drug-likeness (QED) is 0.280. The average molecular weight is 359 g/mol. The number of nitrogens with one attached hydrogen (secondary N) is 4. The number of carbonyl (C=O) groups excluding carboxylic acids is 1. The third kappa shape index (κ3) is 3.52. The van der Waals surface area contributed by atoms with Crippen LogP contribution in [0.1, 0.15) is 13.3 Å². The average Bonchev–Trinajstić information content (AvgIpc) is 2.59. The third-order valence-corrected chi connectivity index (χ3v) is 4.54. The number of rotatable bonds is 3. The molecule has 3 rings (SSSR count). The van der Waals surface area contributed by atoms with Crippen LogP contribution in [0.15, 0.2) is 51.5 Å². The molecule has 0 radical (unpaired) electrons. The number of dihydropyridines is 1. The molecule has 0 saturated carbocycles. The Hall–Kier alpha value is -2.94. The van der Waals surface area contributed by atoms with E-state index in [4.69, 9.17) is 11.1 Å². The fourth-order valence-electron chi connectivity index (χ4n) is 3.16. The Kier molecular flexibility index (Phi) is 4.90. The summed E-state index contributed by atoms with van der Waals surface area (Å²) in [6, 6.07) is 0.191. The molecule has 1 atom stereocenters. The van der Waals surface area contributed by atoms with Gasteiger partial charge in [-0.3, -0.25) is 10.2 Å². The number of allylic oxidation sites excluding steroid dienone is 2. The summed E-state index contributed by atoms with van der Waals surface area (Å²) in [5, 5.41) is 16.3. The molecule has 1 unspecified atom stereocenters. The van der Waals surface area contributed by atoms with Gasteiger partial charge in [-0.15, -0.1) is 0 Å². The van der Waals surface area contributed by atoms with Crippen molar-refractivity contribution in [1.82, 2.24) is 20.9 Å². The minimum absolute atomic E-state index is 0.0340. The molecule has 3 heterocycles. The lowest BCUT2D eigenvalue weighted by Crippen LogP contribution is -2.42. The lowest BCUT2D eigenvalue weighted by molar-refractivity contribution is -0.116. The van der Waals surface area contributed by atoms with Crippen molar-refractivity contribution < 1.29 is 9.18 Å². The number of hydrogen-bond donors (Lipinski definition) is 5. The van der Waals surface area contributed by atoms with E-state index >= 15 is 0 Å². The molecule has 0 aromatic rings. The summed E-state index contributed by atoms with van der Waals surface area (Å²) < 4.78 is 13.1. The zero-order valence-corrected chi connectivity index (χ0v) is 14.7. The summed E-state index contributed by atoms with van der Waals surface area (Å²) in [5.41, 5.74) is 8.42. The minimum Gasteiger partial charge on any atom is -0.383 e. The fourth-order valence-corrected chi connectivity index (χ4v) is 3.16. The Labute approximate surface area is 150 Å². The van der Waals surface area contributed by atoms with Crippen LogP contribution in [0.4, 0.5) is 4.39 Å². The number of nitrogens with zero attached hydrogens (tertiary/aromatic N) is 2. The first-order chi connectivity index (χ1) is 12.4. The summed E-state index contributed by atoms with van der Waals surface area (Å²) in [7, 11) is 2.06. The Morgan fingerprint density at radius 1 is 1.50 bits per heavy atom. The second-order valence-electron chi connectivity index (χ2n) is 6.46. The molecule has 0 aromatic heterocycles. The molecule has 3 aliphatic rings. The van der Waals surface area contributed by atoms with Crippen LogP contribution in [0.3, 0.4) is 0 Å². The molecule has 0 fully saturated rings. The molecule has 0 saturated heterocycles. The van der Waals surface area contributed by atoms with Gasteiger partial charge >= 0.3 is 0 Å². The summed E-state index contributed by atoms with van der Waals surface area (Å²) >= 11 is 0. The maximum absolute atomic E-state index is 13.1. The minimum atomic E-state index is -0.577. The van der Waals surface area contributed by atoms with Crippen LogP contribution in [0.2, 0.25) is 0 Å². The number of carbonyl (C=O) groups is 1. The molecule has 138 valence electrons. The van der Waals surface area contributed by atoms with E-state index in [2.05, 4.69) is 39.8 Å². The van der Waals surface area contributed by atoms with E-state index in [9.17, 15) is 9.18 Å². The van der Waals surface area contributed by atoms with Gasteiger partial charge in [0, 0.05) is 31.5 Å². The van der Waals surface area contributed by atoms with Crippen molar-refractivity contribution in [2.75, 3.05) is 20.1 Å². The van der Waals surface area contributed by atoms with Crippen LogP contribution in [0.5, 0.6) is 0 Å². The van der Waals surface area contributed by atoms with Crippen molar-refractivity contribution in [1.29, 1.82) is 5.41 Å². The summed E-state index contributed by atoms with van der Waals surface area (Å²) in [5.74, 6) is -1.56. The first kappa shape index (κ1) is 17.9. The van der Waals surface area contributed by atoms with Crippen molar-refractivity contribution in [2.24, 2.45) is 10.7 Å². The van der Waals surface area contributed by atoms with E-state index < -0.39 is 17.6 Å². The second-order valence-corrected chi connectivity index (χ2v) is 6.46. The number of amidine groups is 1. The number of halogens is 1. The molecule has 6 N–H and O–H groups in total. The zero-order chi connectivity index (χ0) is 18.8. The first-order valence-corrected chi connectivity index (χ1v) is 8.30. The predicted molar refractivity (Wildman–Crippen MR) is 97.7 cm³/mol. The van der Waals surface area contributed by atoms with Gasteiger partial charge < -0.3 is 26.6 Å². The van der Waals surface area contributed by atoms with Crippen molar-refractivity contribution in [3.05, 3.63) is 46.5 Å². The van der Waals surface area contributed by atoms with E-state index in [1.54, 1.807) is 6.20 Å². The topological polar surface area (TPSA) is 119 Å². The number of nitrogens with two attached hydrogens (primary N) is 1. The first-order valence-electron chi connectivity index (χ1n) is 8.30. The van der Waals surface area contributed by atoms with Crippen LogP contribution >= 0.6 is 0 Å². The maximum atomic E-state index is 13.1. The Balaban J connectivity index is 1.86. The SMILES string of the molecule is CC1NC=C(NC(=O)/C(C(=N)N)=C2\N=CC(F)=CN2)C2=C1CN(C)CC2. The number of amides is 1. The van der Waals surface area contributed by atoms with Crippen LogP contribution in [0.25, 0.3) is 0 Å². The van der Waals surface area contributed by atoms with Crippen LogP contribution < -0.4 is 21.7 Å². The molecule has 0 spiro atoms. The smallest absolute Gasteiger partial charge is 0.263 e. The molecule has 0 aliphatic carbocycles. The van der Waals surface area contributed by atoms with Gasteiger partial charge in [0.25, 0.3) is 5.91 Å². The second kappa shape index (κ2) is 7.12. The van der Waals surface area contributed by atoms with Gasteiger partial charge in [0.2, 0.25) is 0 Å². The Morgan fingerprint density at radius 2 is 2.27 bits per heavy atom. The molecule has 1 amide bonds.